The van der Waals surface area contributed by atoms with Gasteiger partial charge in [-0.25, -0.2) is 0 Å². The molecule has 0 heteroatoms. The number of rotatable bonds is 1. The Morgan fingerprint density at radius 1 is 1.17 bits per heavy atom. The second kappa shape index (κ2) is 2.82. The smallest absolute Gasteiger partial charge is 0.0177 e. The van der Waals surface area contributed by atoms with Gasteiger partial charge in [0.2, 0.25) is 0 Å². The van der Waals surface area contributed by atoms with Gasteiger partial charge in [-0.15, -0.1) is 0 Å². The lowest BCUT2D eigenvalue weighted by molar-refractivity contribution is 1.70. The van der Waals surface area contributed by atoms with Gasteiger partial charge in [-0.05, 0) is 34.5 Å². The van der Waals surface area contributed by atoms with E-state index in [1.807, 2.05) is 18.2 Å². The highest BCUT2D eigenvalue weighted by molar-refractivity contribution is 5.84. The number of benzene rings is 2. The lowest BCUT2D eigenvalue weighted by Crippen LogP contribution is -1.73. The molecule has 0 aliphatic carbocycles. The molecule has 12 heavy (non-hydrogen) atoms. The first-order chi connectivity index (χ1) is 5.90. The molecule has 0 aliphatic heterocycles. The van der Waals surface area contributed by atoms with E-state index in [-0.39, 0.29) is 0 Å². The third-order valence-electron chi connectivity index (χ3n) is 1.94. The maximum atomic E-state index is 3.73. The first-order valence-electron chi connectivity index (χ1n) is 3.92. The Hall–Kier alpha value is -1.56. The van der Waals surface area contributed by atoms with Gasteiger partial charge in [0, 0.05) is 0 Å². The Balaban J connectivity index is 2.75. The first-order valence-corrected chi connectivity index (χ1v) is 3.92. The van der Waals surface area contributed by atoms with E-state index in [2.05, 4.69) is 36.9 Å². The van der Waals surface area contributed by atoms with E-state index in [9.17, 15) is 0 Å². The highest BCUT2D eigenvalue weighted by Crippen LogP contribution is 2.15. The summed E-state index contributed by atoms with van der Waals surface area (Å²) >= 11 is 0. The average molecular weight is 153 g/mol. The van der Waals surface area contributed by atoms with Crippen LogP contribution in [-0.2, 0) is 0 Å². The largest absolute Gasteiger partial charge is 0.0985 e. The van der Waals surface area contributed by atoms with Crippen molar-refractivity contribution in [1.29, 1.82) is 0 Å². The standard InChI is InChI=1S/C12H9/c1-2-10-7-8-11-5-3-4-6-12(11)9-10/h2,4-9H,1H2. The number of hydrogen-bond acceptors (Lipinski definition) is 0. The molecule has 0 aliphatic rings. The molecule has 2 aromatic carbocycles. The van der Waals surface area contributed by atoms with E-state index in [1.165, 1.54) is 10.8 Å². The highest BCUT2D eigenvalue weighted by atomic mass is 14.0. The zero-order chi connectivity index (χ0) is 8.39. The lowest BCUT2D eigenvalue weighted by Gasteiger charge is -1.97. The molecule has 0 atom stereocenters. The molecular formula is C12H9. The van der Waals surface area contributed by atoms with Crippen LogP contribution in [0.15, 0.2) is 43.0 Å². The summed E-state index contributed by atoms with van der Waals surface area (Å²) in [5.74, 6) is 0. The van der Waals surface area contributed by atoms with Crippen LogP contribution in [0.2, 0.25) is 0 Å². The molecular weight excluding hydrogens is 144 g/mol. The Labute approximate surface area is 72.2 Å². The molecule has 2 aromatic rings. The van der Waals surface area contributed by atoms with Crippen molar-refractivity contribution in [2.75, 3.05) is 0 Å². The zero-order valence-corrected chi connectivity index (χ0v) is 6.75. The van der Waals surface area contributed by atoms with Crippen LogP contribution in [0.4, 0.5) is 0 Å². The fourth-order valence-corrected chi connectivity index (χ4v) is 1.27. The van der Waals surface area contributed by atoms with Crippen LogP contribution in [0.5, 0.6) is 0 Å². The Bertz CT molecular complexity index is 413. The molecule has 0 heterocycles. The summed E-state index contributed by atoms with van der Waals surface area (Å²) in [4.78, 5) is 0. The highest BCUT2D eigenvalue weighted by Gasteiger charge is 1.91. The minimum Gasteiger partial charge on any atom is -0.0985 e. The molecule has 0 N–H and O–H groups in total. The van der Waals surface area contributed by atoms with Crippen molar-refractivity contribution >= 4 is 16.8 Å². The Morgan fingerprint density at radius 3 is 2.92 bits per heavy atom. The van der Waals surface area contributed by atoms with E-state index >= 15 is 0 Å². The fraction of sp³-hybridized carbons (Fsp3) is 0. The van der Waals surface area contributed by atoms with Gasteiger partial charge in [-0.2, -0.15) is 0 Å². The minimum atomic E-state index is 1.16. The number of hydrogen-bond donors (Lipinski definition) is 0. The van der Waals surface area contributed by atoms with Crippen LogP contribution in [0.3, 0.4) is 0 Å². The molecule has 0 amide bonds. The van der Waals surface area contributed by atoms with Crippen LogP contribution in [-0.4, -0.2) is 0 Å². The molecule has 0 fully saturated rings. The predicted molar refractivity (Wildman–Crippen MR) is 52.9 cm³/mol. The molecule has 57 valence electrons. The molecule has 1 radical (unpaired) electrons. The monoisotopic (exact) mass is 153 g/mol. The topological polar surface area (TPSA) is 0 Å². The molecule has 0 saturated carbocycles. The van der Waals surface area contributed by atoms with Crippen LogP contribution in [0.25, 0.3) is 16.8 Å². The molecule has 0 saturated heterocycles. The normalized spacial score (nSPS) is 10.0. The molecule has 2 rings (SSSR count). The van der Waals surface area contributed by atoms with Crippen LogP contribution in [0, 0.1) is 6.07 Å². The first kappa shape index (κ1) is 7.11. The van der Waals surface area contributed by atoms with Crippen molar-refractivity contribution in [3.05, 3.63) is 54.6 Å². The van der Waals surface area contributed by atoms with Crippen molar-refractivity contribution < 1.29 is 0 Å². The van der Waals surface area contributed by atoms with E-state index in [4.69, 9.17) is 0 Å². The zero-order valence-electron chi connectivity index (χ0n) is 6.75. The summed E-state index contributed by atoms with van der Waals surface area (Å²) in [6, 6.07) is 15.3. The van der Waals surface area contributed by atoms with Gasteiger partial charge in [0.05, 0.1) is 0 Å². The van der Waals surface area contributed by atoms with Crippen molar-refractivity contribution in [3.63, 3.8) is 0 Å². The third-order valence-corrected chi connectivity index (χ3v) is 1.94. The summed E-state index contributed by atoms with van der Waals surface area (Å²) in [6.45, 7) is 3.73. The van der Waals surface area contributed by atoms with Crippen molar-refractivity contribution in [3.8, 4) is 0 Å². The van der Waals surface area contributed by atoms with Crippen LogP contribution >= 0.6 is 0 Å². The second-order valence-corrected chi connectivity index (χ2v) is 2.74. The van der Waals surface area contributed by atoms with Gasteiger partial charge in [-0.1, -0.05) is 36.9 Å². The SMILES string of the molecule is C=Cc1ccc2c[c]ccc2c1. The van der Waals surface area contributed by atoms with Gasteiger partial charge in [0.1, 0.15) is 0 Å². The van der Waals surface area contributed by atoms with Gasteiger partial charge >= 0.3 is 0 Å². The summed E-state index contributed by atoms with van der Waals surface area (Å²) in [5, 5.41) is 2.47. The Kier molecular flexibility index (Phi) is 1.67. The van der Waals surface area contributed by atoms with Gasteiger partial charge in [0.25, 0.3) is 0 Å². The molecule has 0 bridgehead atoms. The molecule has 0 nitrogen and oxygen atoms in total. The lowest BCUT2D eigenvalue weighted by atomic mass is 10.1. The fourth-order valence-electron chi connectivity index (χ4n) is 1.27. The summed E-state index contributed by atoms with van der Waals surface area (Å²) < 4.78 is 0. The van der Waals surface area contributed by atoms with Crippen LogP contribution < -0.4 is 0 Å². The molecule has 0 aromatic heterocycles. The van der Waals surface area contributed by atoms with E-state index in [1.54, 1.807) is 0 Å². The van der Waals surface area contributed by atoms with Gasteiger partial charge in [0.15, 0.2) is 0 Å². The summed E-state index contributed by atoms with van der Waals surface area (Å²) in [5.41, 5.74) is 1.16. The van der Waals surface area contributed by atoms with E-state index < -0.39 is 0 Å². The van der Waals surface area contributed by atoms with Gasteiger partial charge in [-0.3, -0.25) is 0 Å². The molecule has 0 spiro atoms. The molecule has 0 unspecified atom stereocenters. The summed E-state index contributed by atoms with van der Waals surface area (Å²) in [7, 11) is 0. The number of fused-ring (bicyclic) bond motifs is 1. The summed E-state index contributed by atoms with van der Waals surface area (Å²) in [6.07, 6.45) is 1.86. The van der Waals surface area contributed by atoms with E-state index in [0.717, 1.165) is 5.56 Å². The predicted octanol–water partition coefficient (Wildman–Crippen LogP) is 3.28. The maximum Gasteiger partial charge on any atom is -0.0177 e. The minimum absolute atomic E-state index is 1.16. The third kappa shape index (κ3) is 1.12. The van der Waals surface area contributed by atoms with Gasteiger partial charge < -0.3 is 0 Å². The van der Waals surface area contributed by atoms with Crippen LogP contribution in [0.1, 0.15) is 5.56 Å². The second-order valence-electron chi connectivity index (χ2n) is 2.74. The quantitative estimate of drug-likeness (QED) is 0.589. The average Bonchev–Trinajstić information content (AvgIpc) is 2.17. The van der Waals surface area contributed by atoms with E-state index in [0.29, 0.717) is 0 Å². The van der Waals surface area contributed by atoms with Crippen molar-refractivity contribution in [2.45, 2.75) is 0 Å². The Morgan fingerprint density at radius 2 is 2.08 bits per heavy atom. The van der Waals surface area contributed by atoms with Crippen molar-refractivity contribution in [2.24, 2.45) is 0 Å². The van der Waals surface area contributed by atoms with Crippen molar-refractivity contribution in [1.82, 2.24) is 0 Å². The maximum absolute atomic E-state index is 3.73.